The van der Waals surface area contributed by atoms with E-state index in [4.69, 9.17) is 10.8 Å². The van der Waals surface area contributed by atoms with Crippen LogP contribution in [0.25, 0.3) is 22.2 Å². The van der Waals surface area contributed by atoms with Crippen LogP contribution in [0.15, 0.2) is 30.5 Å². The van der Waals surface area contributed by atoms with Crippen molar-refractivity contribution >= 4 is 22.6 Å². The van der Waals surface area contributed by atoms with Crippen molar-refractivity contribution in [2.45, 2.75) is 0 Å². The molecule has 0 saturated carbocycles. The number of nitrogen functional groups attached to an aromatic ring is 1. The van der Waals surface area contributed by atoms with Crippen molar-refractivity contribution in [3.63, 3.8) is 0 Å². The Bertz CT molecular complexity index is 874. The van der Waals surface area contributed by atoms with Gasteiger partial charge >= 0.3 is 5.97 Å². The molecule has 0 unspecified atom stereocenters. The quantitative estimate of drug-likeness (QED) is 0.676. The number of carboxylic acid groups (broad SMARTS) is 1. The number of nitrogens with one attached hydrogen (secondary N) is 1. The Hall–Kier alpha value is -2.96. The number of carboxylic acids is 1. The lowest BCUT2D eigenvalue weighted by atomic mass is 10.1. The zero-order chi connectivity index (χ0) is 15.1. The van der Waals surface area contributed by atoms with Gasteiger partial charge in [-0.25, -0.2) is 18.6 Å². The van der Waals surface area contributed by atoms with Crippen LogP contribution in [0.1, 0.15) is 10.5 Å². The van der Waals surface area contributed by atoms with Gasteiger partial charge in [0.1, 0.15) is 0 Å². The van der Waals surface area contributed by atoms with Crippen LogP contribution in [-0.2, 0) is 0 Å². The lowest BCUT2D eigenvalue weighted by molar-refractivity contribution is 0.0685. The van der Waals surface area contributed by atoms with Crippen molar-refractivity contribution in [2.24, 2.45) is 0 Å². The molecule has 0 atom stereocenters. The maximum Gasteiger partial charge on any atom is 0.357 e. The molecule has 106 valence electrons. The molecule has 21 heavy (non-hydrogen) atoms. The lowest BCUT2D eigenvalue weighted by Crippen LogP contribution is -2.08. The first-order valence-corrected chi connectivity index (χ1v) is 5.94. The predicted octanol–water partition coefficient (Wildman–Crippen LogP) is 2.79. The SMILES string of the molecule is Nc1cc(-c2ccc3cc[nH]c3c2F)nc(C(=O)O)c1F. The number of nitrogens with zero attached hydrogens (tertiary/aromatic N) is 1. The molecule has 0 aliphatic carbocycles. The van der Waals surface area contributed by atoms with E-state index in [0.717, 1.165) is 6.07 Å². The van der Waals surface area contributed by atoms with E-state index in [1.54, 1.807) is 18.3 Å². The van der Waals surface area contributed by atoms with Gasteiger partial charge in [0.05, 0.1) is 16.9 Å². The summed E-state index contributed by atoms with van der Waals surface area (Å²) in [7, 11) is 0. The van der Waals surface area contributed by atoms with Gasteiger partial charge in [-0.1, -0.05) is 6.07 Å². The Morgan fingerprint density at radius 1 is 1.24 bits per heavy atom. The number of aromatic carboxylic acids is 1. The summed E-state index contributed by atoms with van der Waals surface area (Å²) in [6, 6.07) is 5.88. The highest BCUT2D eigenvalue weighted by Gasteiger charge is 2.19. The maximum atomic E-state index is 14.4. The molecule has 2 aromatic heterocycles. The third-order valence-corrected chi connectivity index (χ3v) is 3.13. The second kappa shape index (κ2) is 4.55. The fourth-order valence-corrected chi connectivity index (χ4v) is 2.12. The number of pyridine rings is 1. The first kappa shape index (κ1) is 13.0. The minimum Gasteiger partial charge on any atom is -0.476 e. The zero-order valence-electron chi connectivity index (χ0n) is 10.5. The van der Waals surface area contributed by atoms with Crippen LogP contribution >= 0.6 is 0 Å². The van der Waals surface area contributed by atoms with E-state index in [9.17, 15) is 13.6 Å². The van der Waals surface area contributed by atoms with E-state index in [2.05, 4.69) is 9.97 Å². The van der Waals surface area contributed by atoms with Crippen molar-refractivity contribution in [3.05, 3.63) is 47.8 Å². The molecule has 0 fully saturated rings. The Morgan fingerprint density at radius 2 is 2.00 bits per heavy atom. The third kappa shape index (κ3) is 1.99. The van der Waals surface area contributed by atoms with Gasteiger partial charge in [-0.3, -0.25) is 0 Å². The largest absolute Gasteiger partial charge is 0.476 e. The first-order chi connectivity index (χ1) is 9.99. The number of carbonyl (C=O) groups is 1. The van der Waals surface area contributed by atoms with Gasteiger partial charge in [-0.05, 0) is 18.2 Å². The minimum atomic E-state index is -1.57. The molecule has 0 radical (unpaired) electrons. The monoisotopic (exact) mass is 289 g/mol. The highest BCUT2D eigenvalue weighted by Crippen LogP contribution is 2.29. The van der Waals surface area contributed by atoms with Crippen molar-refractivity contribution in [1.29, 1.82) is 0 Å². The lowest BCUT2D eigenvalue weighted by Gasteiger charge is -2.07. The fourth-order valence-electron chi connectivity index (χ4n) is 2.12. The number of nitrogens with two attached hydrogens (primary N) is 1. The summed E-state index contributed by atoms with van der Waals surface area (Å²) in [6.07, 6.45) is 1.58. The maximum absolute atomic E-state index is 14.4. The number of anilines is 1. The molecule has 2 heterocycles. The van der Waals surface area contributed by atoms with Crippen molar-refractivity contribution in [3.8, 4) is 11.3 Å². The van der Waals surface area contributed by atoms with E-state index in [-0.39, 0.29) is 16.8 Å². The summed E-state index contributed by atoms with van der Waals surface area (Å²) in [6.45, 7) is 0. The van der Waals surface area contributed by atoms with E-state index < -0.39 is 29.0 Å². The smallest absolute Gasteiger partial charge is 0.357 e. The number of halogens is 2. The van der Waals surface area contributed by atoms with Gasteiger partial charge in [-0.15, -0.1) is 0 Å². The van der Waals surface area contributed by atoms with Gasteiger partial charge in [0.15, 0.2) is 17.3 Å². The molecule has 7 heteroatoms. The standard InChI is InChI=1S/C14H9F2N3O2/c15-10-7(2-1-6-3-4-18-12(6)10)9-5-8(17)11(16)13(19-9)14(20)21/h1-5,18H,(H2,17,19)(H,20,21). The highest BCUT2D eigenvalue weighted by molar-refractivity contribution is 5.89. The van der Waals surface area contributed by atoms with Crippen molar-refractivity contribution in [1.82, 2.24) is 9.97 Å². The third-order valence-electron chi connectivity index (χ3n) is 3.13. The topological polar surface area (TPSA) is 92.0 Å². The molecule has 3 aromatic rings. The average Bonchev–Trinajstić information content (AvgIpc) is 2.91. The minimum absolute atomic E-state index is 0.0409. The van der Waals surface area contributed by atoms with Crippen LogP contribution < -0.4 is 5.73 Å². The predicted molar refractivity (Wildman–Crippen MR) is 72.8 cm³/mol. The summed E-state index contributed by atoms with van der Waals surface area (Å²) in [5.74, 6) is -3.30. The van der Waals surface area contributed by atoms with Crippen molar-refractivity contribution < 1.29 is 18.7 Å². The van der Waals surface area contributed by atoms with Crippen LogP contribution in [0.2, 0.25) is 0 Å². The van der Waals surface area contributed by atoms with Crippen LogP contribution in [0, 0.1) is 11.6 Å². The van der Waals surface area contributed by atoms with E-state index in [1.165, 1.54) is 6.07 Å². The molecule has 4 N–H and O–H groups in total. The Morgan fingerprint density at radius 3 is 2.71 bits per heavy atom. The normalized spacial score (nSPS) is 11.0. The Labute approximate surface area is 117 Å². The fraction of sp³-hybridized carbons (Fsp3) is 0. The van der Waals surface area contributed by atoms with Crippen molar-refractivity contribution in [2.75, 3.05) is 5.73 Å². The number of rotatable bonds is 2. The molecule has 0 bridgehead atoms. The van der Waals surface area contributed by atoms with Crippen LogP contribution in [0.5, 0.6) is 0 Å². The number of aromatic nitrogens is 2. The van der Waals surface area contributed by atoms with Crippen LogP contribution in [0.3, 0.4) is 0 Å². The molecule has 0 aliphatic heterocycles. The molecular weight excluding hydrogens is 280 g/mol. The first-order valence-electron chi connectivity index (χ1n) is 5.94. The van der Waals surface area contributed by atoms with Gasteiger partial charge in [0, 0.05) is 17.1 Å². The van der Waals surface area contributed by atoms with Crippen LogP contribution in [0.4, 0.5) is 14.5 Å². The van der Waals surface area contributed by atoms with E-state index >= 15 is 0 Å². The molecular formula is C14H9F2N3O2. The van der Waals surface area contributed by atoms with Gasteiger partial charge in [0.25, 0.3) is 0 Å². The number of benzene rings is 1. The number of H-pyrrole nitrogens is 1. The second-order valence-corrected chi connectivity index (χ2v) is 4.43. The van der Waals surface area contributed by atoms with Gasteiger partial charge < -0.3 is 15.8 Å². The van der Waals surface area contributed by atoms with E-state index in [0.29, 0.717) is 5.39 Å². The number of hydrogen-bond acceptors (Lipinski definition) is 3. The zero-order valence-corrected chi connectivity index (χ0v) is 10.5. The molecule has 0 spiro atoms. The highest BCUT2D eigenvalue weighted by atomic mass is 19.1. The summed E-state index contributed by atoms with van der Waals surface area (Å²) in [5, 5.41) is 9.57. The summed E-state index contributed by atoms with van der Waals surface area (Å²) in [4.78, 5) is 17.3. The molecule has 0 aliphatic rings. The van der Waals surface area contributed by atoms with Gasteiger partial charge in [0.2, 0.25) is 0 Å². The molecule has 3 rings (SSSR count). The van der Waals surface area contributed by atoms with Gasteiger partial charge in [-0.2, -0.15) is 0 Å². The number of aromatic amines is 1. The number of hydrogen-bond donors (Lipinski definition) is 3. The average molecular weight is 289 g/mol. The summed E-state index contributed by atoms with van der Waals surface area (Å²) in [5.41, 5.74) is 4.45. The summed E-state index contributed by atoms with van der Waals surface area (Å²) >= 11 is 0. The van der Waals surface area contributed by atoms with Crippen LogP contribution in [-0.4, -0.2) is 21.0 Å². The second-order valence-electron chi connectivity index (χ2n) is 4.43. The molecule has 0 saturated heterocycles. The molecule has 1 aromatic carbocycles. The number of fused-ring (bicyclic) bond motifs is 1. The molecule has 5 nitrogen and oxygen atoms in total. The summed E-state index contributed by atoms with van der Waals surface area (Å²) < 4.78 is 28.0. The molecule has 0 amide bonds. The Kier molecular flexibility index (Phi) is 2.83. The van der Waals surface area contributed by atoms with E-state index in [1.807, 2.05) is 0 Å². The Balaban J connectivity index is 2.27.